The van der Waals surface area contributed by atoms with Crippen molar-refractivity contribution in [3.8, 4) is 0 Å². The molecule has 0 aromatic heterocycles. The van der Waals surface area contributed by atoms with Crippen LogP contribution in [0.4, 0.5) is 11.4 Å². The Morgan fingerprint density at radius 2 is 1.10 bits per heavy atom. The predicted molar refractivity (Wildman–Crippen MR) is 169 cm³/mol. The van der Waals surface area contributed by atoms with Gasteiger partial charge in [-0.05, 0) is 87.0 Å². The second-order valence-electron chi connectivity index (χ2n) is 14.8. The Bertz CT molecular complexity index is 1590. The fraction of sp³-hybridized carbons (Fsp3) is 0.474. The Hall–Kier alpha value is -3.08. The molecule has 2 spiro atoms. The molecule has 8 atom stereocenters. The van der Waals surface area contributed by atoms with E-state index in [1.54, 1.807) is 33.4 Å². The maximum atomic E-state index is 2.86. The van der Waals surface area contributed by atoms with Gasteiger partial charge in [-0.2, -0.15) is 0 Å². The van der Waals surface area contributed by atoms with Gasteiger partial charge in [-0.3, -0.25) is 9.80 Å². The third-order valence-electron chi connectivity index (χ3n) is 13.9. The number of allylic oxidation sites excluding steroid dienone is 2. The molecule has 4 nitrogen and oxygen atoms in total. The largest absolute Gasteiger partial charge is 0.339 e. The first-order chi connectivity index (χ1) is 20.7. The van der Waals surface area contributed by atoms with Gasteiger partial charge in [0.25, 0.3) is 0 Å². The van der Waals surface area contributed by atoms with Crippen molar-refractivity contribution >= 4 is 11.4 Å². The summed E-state index contributed by atoms with van der Waals surface area (Å²) in [5.41, 5.74) is 13.3. The van der Waals surface area contributed by atoms with Crippen LogP contribution in [0.3, 0.4) is 0 Å². The zero-order valence-corrected chi connectivity index (χ0v) is 24.8. The first-order valence-electron chi connectivity index (χ1n) is 16.7. The van der Waals surface area contributed by atoms with Crippen LogP contribution in [0.5, 0.6) is 0 Å². The van der Waals surface area contributed by atoms with E-state index in [9.17, 15) is 0 Å². The van der Waals surface area contributed by atoms with Gasteiger partial charge in [-0.15, -0.1) is 0 Å². The molecule has 0 radical (unpaired) electrons. The van der Waals surface area contributed by atoms with Crippen LogP contribution in [0.25, 0.3) is 0 Å². The number of para-hydroxylation sites is 2. The van der Waals surface area contributed by atoms with Gasteiger partial charge in [0.05, 0.1) is 12.1 Å². The third-order valence-corrected chi connectivity index (χ3v) is 13.9. The lowest BCUT2D eigenvalue weighted by atomic mass is 9.56. The Morgan fingerprint density at radius 1 is 0.643 bits per heavy atom. The summed E-state index contributed by atoms with van der Waals surface area (Å²) >= 11 is 0. The van der Waals surface area contributed by atoms with Gasteiger partial charge in [-0.25, -0.2) is 0 Å². The molecule has 42 heavy (non-hydrogen) atoms. The summed E-state index contributed by atoms with van der Waals surface area (Å²) in [6.45, 7) is 9.33. The van der Waals surface area contributed by atoms with E-state index in [0.717, 1.165) is 13.1 Å². The number of fused-ring (bicyclic) bond motifs is 8. The number of piperidine rings is 2. The smallest absolute Gasteiger partial charge is 0.0681 e. The van der Waals surface area contributed by atoms with Crippen LogP contribution >= 0.6 is 0 Å². The maximum absolute atomic E-state index is 2.86. The van der Waals surface area contributed by atoms with E-state index in [-0.39, 0.29) is 10.8 Å². The molecular formula is C38H40N4. The lowest BCUT2D eigenvalue weighted by molar-refractivity contribution is 0.122. The van der Waals surface area contributed by atoms with E-state index >= 15 is 0 Å². The molecule has 6 fully saturated rings. The highest BCUT2D eigenvalue weighted by Gasteiger charge is 2.69. The molecule has 0 N–H and O–H groups in total. The van der Waals surface area contributed by atoms with Gasteiger partial charge >= 0.3 is 0 Å². The molecule has 2 saturated carbocycles. The van der Waals surface area contributed by atoms with Crippen molar-refractivity contribution in [1.29, 1.82) is 0 Å². The van der Waals surface area contributed by atoms with Crippen molar-refractivity contribution in [2.45, 2.75) is 74.5 Å². The van der Waals surface area contributed by atoms with E-state index < -0.39 is 0 Å². The quantitative estimate of drug-likeness (QED) is 0.365. The summed E-state index contributed by atoms with van der Waals surface area (Å²) in [6, 6.07) is 21.2. The average molecular weight is 553 g/mol. The SMILES string of the molecule is C/C=C1/CN2CCC34c5ccccc5N5/C=C6/[C@H]7C[C@@H]8N(CCC89c8ccccc8N(/C=C(/[C@H]1C[C@H]23)[C@H]54)[C@@H]69)C/C7=C/C. The Morgan fingerprint density at radius 3 is 1.55 bits per heavy atom. The van der Waals surface area contributed by atoms with E-state index in [0.29, 0.717) is 36.0 Å². The summed E-state index contributed by atoms with van der Waals surface area (Å²) in [4.78, 5) is 11.4. The van der Waals surface area contributed by atoms with Crippen molar-refractivity contribution in [2.75, 3.05) is 36.0 Å². The number of nitrogens with zero attached hydrogens (tertiary/aromatic N) is 4. The van der Waals surface area contributed by atoms with Crippen molar-refractivity contribution in [2.24, 2.45) is 11.8 Å². The maximum Gasteiger partial charge on any atom is 0.0681 e. The average Bonchev–Trinajstić information content (AvgIpc) is 3.75. The first-order valence-corrected chi connectivity index (χ1v) is 16.7. The topological polar surface area (TPSA) is 13.0 Å². The van der Waals surface area contributed by atoms with Crippen LogP contribution in [0.15, 0.2) is 95.4 Å². The van der Waals surface area contributed by atoms with Crippen molar-refractivity contribution < 1.29 is 0 Å². The van der Waals surface area contributed by atoms with E-state index in [4.69, 9.17) is 0 Å². The summed E-state index contributed by atoms with van der Waals surface area (Å²) in [5.74, 6) is 1.08. The second kappa shape index (κ2) is 7.52. The van der Waals surface area contributed by atoms with Crippen molar-refractivity contribution in [1.82, 2.24) is 9.80 Å². The van der Waals surface area contributed by atoms with Crippen LogP contribution in [0.1, 0.15) is 50.7 Å². The molecular weight excluding hydrogens is 512 g/mol. The molecule has 7 heterocycles. The minimum atomic E-state index is 0.177. The summed E-state index contributed by atoms with van der Waals surface area (Å²) in [5, 5.41) is 0. The fourth-order valence-electron chi connectivity index (χ4n) is 12.5. The molecule has 2 aromatic carbocycles. The lowest BCUT2D eigenvalue weighted by Gasteiger charge is -2.57. The van der Waals surface area contributed by atoms with Gasteiger partial charge in [0.15, 0.2) is 0 Å². The molecule has 11 rings (SSSR count). The molecule has 9 aliphatic rings. The standard InChI is InChI=1S/C38H40N4/c1-3-23-19-39-15-13-37-29-9-5-8-12-32(29)42-22-28-26-18-34-38(14-16-40(34)20-24(26)4-2)30-10-6-7-11-31(30)41(36(28)38)21-27(35(37)42)25(23)17-33(37)39/h3-12,21-22,25-26,33-36H,13-20H2,1-2H3/b23-3-,24-4-,27-21-,28-22-/t25-,26-,33-,34-,35-,36-,37?,38?/m0/s1. The Balaban J connectivity index is 1.25. The van der Waals surface area contributed by atoms with Crippen LogP contribution in [0.2, 0.25) is 0 Å². The summed E-state index contributed by atoms with van der Waals surface area (Å²) in [6.07, 6.45) is 15.5. The van der Waals surface area contributed by atoms with E-state index in [2.05, 4.69) is 107 Å². The Labute approximate surface area is 249 Å². The van der Waals surface area contributed by atoms with Gasteiger partial charge in [0.1, 0.15) is 0 Å². The molecule has 4 saturated heterocycles. The van der Waals surface area contributed by atoms with Crippen LogP contribution < -0.4 is 9.80 Å². The first kappa shape index (κ1) is 23.4. The van der Waals surface area contributed by atoms with Crippen LogP contribution in [-0.2, 0) is 10.8 Å². The normalized spacial score (nSPS) is 46.0. The summed E-state index contributed by atoms with van der Waals surface area (Å²) < 4.78 is 0. The van der Waals surface area contributed by atoms with Gasteiger partial charge < -0.3 is 9.80 Å². The highest BCUT2D eigenvalue weighted by Crippen LogP contribution is 2.67. The number of anilines is 2. The van der Waals surface area contributed by atoms with Crippen LogP contribution in [0, 0.1) is 11.8 Å². The molecule has 4 bridgehead atoms. The highest BCUT2D eigenvalue weighted by molar-refractivity contribution is 5.77. The van der Waals surface area contributed by atoms with Crippen molar-refractivity contribution in [3.63, 3.8) is 0 Å². The van der Waals surface area contributed by atoms with Crippen molar-refractivity contribution in [3.05, 3.63) is 107 Å². The molecule has 0 amide bonds. The minimum Gasteiger partial charge on any atom is -0.339 e. The molecule has 2 aromatic rings. The zero-order chi connectivity index (χ0) is 27.5. The molecule has 2 unspecified atom stereocenters. The molecule has 212 valence electrons. The van der Waals surface area contributed by atoms with Gasteiger partial charge in [0.2, 0.25) is 0 Å². The molecule has 4 heteroatoms. The summed E-state index contributed by atoms with van der Waals surface area (Å²) in [7, 11) is 0. The number of hydrogen-bond donors (Lipinski definition) is 0. The number of rotatable bonds is 0. The van der Waals surface area contributed by atoms with Gasteiger partial charge in [0, 0.05) is 71.6 Å². The highest BCUT2D eigenvalue weighted by atomic mass is 15.3. The molecule has 7 aliphatic heterocycles. The lowest BCUT2D eigenvalue weighted by Crippen LogP contribution is -2.63. The fourth-order valence-corrected chi connectivity index (χ4v) is 12.5. The molecule has 2 aliphatic carbocycles. The number of benzene rings is 2. The van der Waals surface area contributed by atoms with Gasteiger partial charge in [-0.1, -0.05) is 59.7 Å². The second-order valence-corrected chi connectivity index (χ2v) is 14.8. The van der Waals surface area contributed by atoms with E-state index in [1.807, 2.05) is 0 Å². The van der Waals surface area contributed by atoms with E-state index in [1.165, 1.54) is 50.1 Å². The zero-order valence-electron chi connectivity index (χ0n) is 24.8. The number of hydrogen-bond acceptors (Lipinski definition) is 4. The van der Waals surface area contributed by atoms with Crippen LogP contribution in [-0.4, -0.2) is 60.1 Å². The third kappa shape index (κ3) is 2.33. The monoisotopic (exact) mass is 552 g/mol. The predicted octanol–water partition coefficient (Wildman–Crippen LogP) is 6.13. The Kier molecular flexibility index (Phi) is 4.19. The minimum absolute atomic E-state index is 0.177.